The van der Waals surface area contributed by atoms with Gasteiger partial charge in [-0.25, -0.2) is 17.1 Å². The lowest BCUT2D eigenvalue weighted by Gasteiger charge is -2.30. The van der Waals surface area contributed by atoms with E-state index in [9.17, 15) is 22.4 Å². The maximum Gasteiger partial charge on any atom is 0.227 e. The van der Waals surface area contributed by atoms with Gasteiger partial charge in [0, 0.05) is 40.8 Å². The van der Waals surface area contributed by atoms with Crippen molar-refractivity contribution in [2.24, 2.45) is 5.92 Å². The lowest BCUT2D eigenvalue weighted by Crippen LogP contribution is -2.42. The van der Waals surface area contributed by atoms with Gasteiger partial charge in [0.1, 0.15) is 5.82 Å². The highest BCUT2D eigenvalue weighted by Crippen LogP contribution is 2.26. The maximum atomic E-state index is 14.0. The van der Waals surface area contributed by atoms with Crippen molar-refractivity contribution in [3.05, 3.63) is 64.4 Å². The number of halogens is 2. The zero-order chi connectivity index (χ0) is 21.9. The molecule has 0 saturated carbocycles. The second kappa shape index (κ2) is 9.24. The molecule has 2 aromatic rings. The molecule has 1 fully saturated rings. The molecule has 0 radical (unpaired) electrons. The van der Waals surface area contributed by atoms with Crippen LogP contribution >= 0.6 is 11.6 Å². The van der Waals surface area contributed by atoms with E-state index in [2.05, 4.69) is 5.32 Å². The van der Waals surface area contributed by atoms with E-state index in [4.69, 9.17) is 11.6 Å². The Hall–Kier alpha value is -2.29. The molecule has 1 aliphatic rings. The van der Waals surface area contributed by atoms with Crippen LogP contribution in [0.25, 0.3) is 0 Å². The zero-order valence-electron chi connectivity index (χ0n) is 16.4. The lowest BCUT2D eigenvalue weighted by atomic mass is 9.97. The Labute approximate surface area is 180 Å². The van der Waals surface area contributed by atoms with Gasteiger partial charge in [0.2, 0.25) is 15.9 Å². The predicted molar refractivity (Wildman–Crippen MR) is 113 cm³/mol. The number of amides is 1. The summed E-state index contributed by atoms with van der Waals surface area (Å²) in [7, 11) is -3.76. The largest absolute Gasteiger partial charge is 0.326 e. The van der Waals surface area contributed by atoms with Gasteiger partial charge in [0.15, 0.2) is 5.78 Å². The second-order valence-electron chi connectivity index (χ2n) is 7.26. The molecular weight excluding hydrogens is 431 g/mol. The molecule has 9 heteroatoms. The summed E-state index contributed by atoms with van der Waals surface area (Å²) in [6.07, 6.45) is 0.699. The fraction of sp³-hybridized carbons (Fsp3) is 0.333. The number of hydrogen-bond donors (Lipinski definition) is 1. The summed E-state index contributed by atoms with van der Waals surface area (Å²) in [5, 5.41) is 2.86. The number of sulfonamides is 1. The number of carbonyl (C=O) groups is 2. The van der Waals surface area contributed by atoms with Crippen LogP contribution in [0.5, 0.6) is 0 Å². The molecule has 160 valence electrons. The summed E-state index contributed by atoms with van der Waals surface area (Å²) in [4.78, 5) is 24.0. The van der Waals surface area contributed by atoms with E-state index < -0.39 is 21.6 Å². The Kier molecular flexibility index (Phi) is 6.90. The number of nitrogens with one attached hydrogen (secondary N) is 1. The molecule has 1 aliphatic heterocycles. The van der Waals surface area contributed by atoms with Crippen molar-refractivity contribution in [2.75, 3.05) is 18.4 Å². The molecule has 30 heavy (non-hydrogen) atoms. The molecule has 1 amide bonds. The van der Waals surface area contributed by atoms with E-state index in [1.165, 1.54) is 29.4 Å². The number of rotatable bonds is 6. The highest BCUT2D eigenvalue weighted by molar-refractivity contribution is 7.88. The van der Waals surface area contributed by atoms with E-state index in [-0.39, 0.29) is 41.3 Å². The van der Waals surface area contributed by atoms with Crippen LogP contribution in [-0.2, 0) is 20.6 Å². The Morgan fingerprint density at radius 1 is 1.17 bits per heavy atom. The molecule has 0 spiro atoms. The van der Waals surface area contributed by atoms with E-state index >= 15 is 0 Å². The minimum Gasteiger partial charge on any atom is -0.326 e. The monoisotopic (exact) mass is 452 g/mol. The first-order valence-corrected chi connectivity index (χ1v) is 11.5. The Balaban J connectivity index is 1.60. The van der Waals surface area contributed by atoms with E-state index in [1.807, 2.05) is 0 Å². The number of carbonyl (C=O) groups excluding carboxylic acids is 2. The van der Waals surface area contributed by atoms with Crippen LogP contribution in [0.15, 0.2) is 42.5 Å². The topological polar surface area (TPSA) is 83.6 Å². The van der Waals surface area contributed by atoms with Crippen molar-refractivity contribution in [3.8, 4) is 0 Å². The van der Waals surface area contributed by atoms with Crippen LogP contribution in [-0.4, -0.2) is 37.5 Å². The molecule has 0 atom stereocenters. The molecule has 0 aliphatic carbocycles. The molecule has 3 rings (SSSR count). The van der Waals surface area contributed by atoms with Crippen molar-refractivity contribution in [1.82, 2.24) is 4.31 Å². The summed E-state index contributed by atoms with van der Waals surface area (Å²) in [5.74, 6) is -1.85. The summed E-state index contributed by atoms with van der Waals surface area (Å²) in [6, 6.07) is 10.7. The fourth-order valence-electron chi connectivity index (χ4n) is 3.40. The van der Waals surface area contributed by atoms with Crippen LogP contribution in [0.2, 0.25) is 5.02 Å². The van der Waals surface area contributed by atoms with Gasteiger partial charge in [-0.3, -0.25) is 9.59 Å². The molecule has 0 aromatic heterocycles. The number of nitrogens with zero attached hydrogens (tertiary/aromatic N) is 1. The van der Waals surface area contributed by atoms with Gasteiger partial charge < -0.3 is 5.32 Å². The third-order valence-electron chi connectivity index (χ3n) is 5.14. The average Bonchev–Trinajstić information content (AvgIpc) is 2.71. The smallest absolute Gasteiger partial charge is 0.227 e. The molecule has 1 saturated heterocycles. The number of anilines is 1. The van der Waals surface area contributed by atoms with Crippen LogP contribution in [0, 0.1) is 11.7 Å². The first-order chi connectivity index (χ1) is 14.2. The van der Waals surface area contributed by atoms with Gasteiger partial charge in [-0.15, -0.1) is 0 Å². The highest BCUT2D eigenvalue weighted by Gasteiger charge is 2.32. The van der Waals surface area contributed by atoms with E-state index in [0.717, 1.165) is 0 Å². The van der Waals surface area contributed by atoms with Crippen LogP contribution in [0.3, 0.4) is 0 Å². The van der Waals surface area contributed by atoms with Gasteiger partial charge in [-0.2, -0.15) is 0 Å². The summed E-state index contributed by atoms with van der Waals surface area (Å²) in [5.41, 5.74) is 0.974. The first-order valence-electron chi connectivity index (χ1n) is 9.50. The quantitative estimate of drug-likeness (QED) is 0.674. The molecule has 2 aromatic carbocycles. The highest BCUT2D eigenvalue weighted by atomic mass is 35.5. The lowest BCUT2D eigenvalue weighted by molar-refractivity contribution is -0.120. The van der Waals surface area contributed by atoms with Gasteiger partial charge in [-0.05, 0) is 44.0 Å². The number of benzene rings is 2. The third kappa shape index (κ3) is 5.24. The van der Waals surface area contributed by atoms with Crippen molar-refractivity contribution >= 4 is 39.0 Å². The van der Waals surface area contributed by atoms with Gasteiger partial charge in [0.25, 0.3) is 0 Å². The molecule has 0 bridgehead atoms. The number of Topliss-reactive ketones (excluding diaryl/α,β-unsaturated/α-hetero) is 1. The van der Waals surface area contributed by atoms with Crippen LogP contribution < -0.4 is 5.32 Å². The van der Waals surface area contributed by atoms with E-state index in [1.54, 1.807) is 24.3 Å². The number of hydrogen-bond acceptors (Lipinski definition) is 4. The maximum absolute atomic E-state index is 14.0. The third-order valence-corrected chi connectivity index (χ3v) is 7.30. The molecular formula is C21H22ClFN2O4S. The van der Waals surface area contributed by atoms with Gasteiger partial charge >= 0.3 is 0 Å². The van der Waals surface area contributed by atoms with Crippen molar-refractivity contribution in [3.63, 3.8) is 0 Å². The summed E-state index contributed by atoms with van der Waals surface area (Å²) >= 11 is 5.95. The fourth-order valence-corrected chi connectivity index (χ4v) is 5.32. The Bertz CT molecular complexity index is 1050. The summed E-state index contributed by atoms with van der Waals surface area (Å²) < 4.78 is 40.6. The van der Waals surface area contributed by atoms with Crippen molar-refractivity contribution < 1.29 is 22.4 Å². The predicted octanol–water partition coefficient (Wildman–Crippen LogP) is 3.86. The minimum absolute atomic E-state index is 0.0515. The second-order valence-corrected chi connectivity index (χ2v) is 9.63. The molecule has 1 heterocycles. The average molecular weight is 453 g/mol. The Morgan fingerprint density at radius 2 is 1.83 bits per heavy atom. The normalized spacial score (nSPS) is 15.7. The Morgan fingerprint density at radius 3 is 2.47 bits per heavy atom. The summed E-state index contributed by atoms with van der Waals surface area (Å²) in [6.45, 7) is 1.78. The SMILES string of the molecule is CC(=O)c1cccc(NC(=O)C2CCN(S(=O)(=O)Cc3c(F)cccc3Cl)CC2)c1. The molecule has 6 nitrogen and oxygen atoms in total. The van der Waals surface area contributed by atoms with Crippen LogP contribution in [0.1, 0.15) is 35.7 Å². The van der Waals surface area contributed by atoms with Crippen molar-refractivity contribution in [2.45, 2.75) is 25.5 Å². The first kappa shape index (κ1) is 22.4. The minimum atomic E-state index is -3.76. The zero-order valence-corrected chi connectivity index (χ0v) is 18.0. The van der Waals surface area contributed by atoms with Gasteiger partial charge in [-0.1, -0.05) is 29.8 Å². The number of piperidine rings is 1. The van der Waals surface area contributed by atoms with Gasteiger partial charge in [0.05, 0.1) is 5.75 Å². The molecule has 1 N–H and O–H groups in total. The van der Waals surface area contributed by atoms with Crippen molar-refractivity contribution in [1.29, 1.82) is 0 Å². The van der Waals surface area contributed by atoms with E-state index in [0.29, 0.717) is 24.1 Å². The standard InChI is InChI=1S/C21H22ClFN2O4S/c1-14(26)16-4-2-5-17(12-16)24-21(27)15-8-10-25(11-9-15)30(28,29)13-18-19(22)6-3-7-20(18)23/h2-7,12,15H,8-11,13H2,1H3,(H,24,27). The number of ketones is 1. The molecule has 0 unspecified atom stereocenters. The van der Waals surface area contributed by atoms with Crippen LogP contribution in [0.4, 0.5) is 10.1 Å².